The highest BCUT2D eigenvalue weighted by molar-refractivity contribution is 7.92. The van der Waals surface area contributed by atoms with E-state index in [1.54, 1.807) is 36.7 Å². The van der Waals surface area contributed by atoms with Crippen molar-refractivity contribution < 1.29 is 13.2 Å². The summed E-state index contributed by atoms with van der Waals surface area (Å²) in [6.07, 6.45) is 4.95. The first kappa shape index (κ1) is 17.7. The fraction of sp³-hybridized carbons (Fsp3) is 0.111. The van der Waals surface area contributed by atoms with Crippen molar-refractivity contribution in [2.75, 3.05) is 17.1 Å². The van der Waals surface area contributed by atoms with Gasteiger partial charge in [-0.2, -0.15) is 0 Å². The standard InChI is InChI=1S/C18H18N4O3S/c1-25-16-5-7-17(8-6-16)26(23,24)22-15-4-9-18(21-13-15)20-12-14-3-2-10-19-11-14/h2-11,13,22H,12H2,1H3,(H,20,21). The molecule has 0 fully saturated rings. The van der Waals surface area contributed by atoms with E-state index in [4.69, 9.17) is 4.74 Å². The zero-order chi connectivity index (χ0) is 18.4. The van der Waals surface area contributed by atoms with E-state index in [1.165, 1.54) is 25.4 Å². The molecule has 7 nitrogen and oxygen atoms in total. The highest BCUT2D eigenvalue weighted by Gasteiger charge is 2.14. The van der Waals surface area contributed by atoms with Crippen LogP contribution in [0.25, 0.3) is 0 Å². The number of methoxy groups -OCH3 is 1. The largest absolute Gasteiger partial charge is 0.497 e. The van der Waals surface area contributed by atoms with Gasteiger partial charge >= 0.3 is 0 Å². The molecule has 8 heteroatoms. The molecule has 0 amide bonds. The lowest BCUT2D eigenvalue weighted by molar-refractivity contribution is 0.414. The Labute approximate surface area is 152 Å². The molecule has 0 saturated carbocycles. The van der Waals surface area contributed by atoms with Crippen molar-refractivity contribution in [2.45, 2.75) is 11.4 Å². The first-order valence-electron chi connectivity index (χ1n) is 7.82. The monoisotopic (exact) mass is 370 g/mol. The number of nitrogens with zero attached hydrogens (tertiary/aromatic N) is 2. The van der Waals surface area contributed by atoms with Gasteiger partial charge in [0.15, 0.2) is 0 Å². The molecule has 0 aliphatic rings. The highest BCUT2D eigenvalue weighted by atomic mass is 32.2. The van der Waals surface area contributed by atoms with Crippen molar-refractivity contribution in [3.05, 3.63) is 72.7 Å². The molecule has 2 N–H and O–H groups in total. The summed E-state index contributed by atoms with van der Waals surface area (Å²) in [5, 5.41) is 3.15. The Morgan fingerprint density at radius 1 is 1.04 bits per heavy atom. The second kappa shape index (κ2) is 7.83. The Kier molecular flexibility index (Phi) is 5.33. The van der Waals surface area contributed by atoms with Crippen molar-refractivity contribution in [2.24, 2.45) is 0 Å². The summed E-state index contributed by atoms with van der Waals surface area (Å²) in [6, 6.07) is 13.3. The molecule has 2 heterocycles. The van der Waals surface area contributed by atoms with Gasteiger partial charge in [0, 0.05) is 18.9 Å². The van der Waals surface area contributed by atoms with Crippen LogP contribution in [0.4, 0.5) is 11.5 Å². The van der Waals surface area contributed by atoms with Gasteiger partial charge in [0.2, 0.25) is 0 Å². The van der Waals surface area contributed by atoms with Crippen LogP contribution in [-0.4, -0.2) is 25.5 Å². The van der Waals surface area contributed by atoms with Crippen molar-refractivity contribution in [1.29, 1.82) is 0 Å². The maximum atomic E-state index is 12.4. The van der Waals surface area contributed by atoms with Gasteiger partial charge in [-0.05, 0) is 48.0 Å². The number of sulfonamides is 1. The lowest BCUT2D eigenvalue weighted by atomic mass is 10.3. The number of anilines is 2. The minimum atomic E-state index is -3.68. The predicted octanol–water partition coefficient (Wildman–Crippen LogP) is 2.90. The number of hydrogen-bond donors (Lipinski definition) is 2. The fourth-order valence-corrected chi connectivity index (χ4v) is 3.27. The third-order valence-corrected chi connectivity index (χ3v) is 4.98. The molecule has 0 radical (unpaired) electrons. The van der Waals surface area contributed by atoms with Gasteiger partial charge in [-0.3, -0.25) is 9.71 Å². The number of pyridine rings is 2. The van der Waals surface area contributed by atoms with Crippen LogP contribution in [0.2, 0.25) is 0 Å². The normalized spacial score (nSPS) is 11.0. The summed E-state index contributed by atoms with van der Waals surface area (Å²) >= 11 is 0. The van der Waals surface area contributed by atoms with Gasteiger partial charge in [0.1, 0.15) is 11.6 Å². The maximum absolute atomic E-state index is 12.4. The first-order chi connectivity index (χ1) is 12.6. The van der Waals surface area contributed by atoms with Gasteiger partial charge in [0.25, 0.3) is 10.0 Å². The molecule has 0 saturated heterocycles. The van der Waals surface area contributed by atoms with E-state index in [2.05, 4.69) is 20.0 Å². The summed E-state index contributed by atoms with van der Waals surface area (Å²) in [6.45, 7) is 0.581. The van der Waals surface area contributed by atoms with Crippen molar-refractivity contribution in [1.82, 2.24) is 9.97 Å². The van der Waals surface area contributed by atoms with E-state index in [1.807, 2.05) is 12.1 Å². The van der Waals surface area contributed by atoms with Crippen LogP contribution in [0, 0.1) is 0 Å². The molecule has 0 spiro atoms. The van der Waals surface area contributed by atoms with E-state index < -0.39 is 10.0 Å². The van der Waals surface area contributed by atoms with Crippen LogP contribution in [0.1, 0.15) is 5.56 Å². The summed E-state index contributed by atoms with van der Waals surface area (Å²) in [7, 11) is -2.16. The van der Waals surface area contributed by atoms with E-state index in [9.17, 15) is 8.42 Å². The molecule has 0 aliphatic carbocycles. The highest BCUT2D eigenvalue weighted by Crippen LogP contribution is 2.19. The molecule has 0 aliphatic heterocycles. The molecular weight excluding hydrogens is 352 g/mol. The number of aromatic nitrogens is 2. The molecule has 134 valence electrons. The molecule has 3 rings (SSSR count). The maximum Gasteiger partial charge on any atom is 0.261 e. The Morgan fingerprint density at radius 3 is 2.46 bits per heavy atom. The minimum Gasteiger partial charge on any atom is -0.497 e. The number of benzene rings is 1. The summed E-state index contributed by atoms with van der Waals surface area (Å²) in [5.41, 5.74) is 1.41. The van der Waals surface area contributed by atoms with Crippen LogP contribution >= 0.6 is 0 Å². The van der Waals surface area contributed by atoms with Crippen LogP contribution in [-0.2, 0) is 16.6 Å². The number of hydrogen-bond acceptors (Lipinski definition) is 6. The number of ether oxygens (including phenoxy) is 1. The van der Waals surface area contributed by atoms with Crippen LogP contribution < -0.4 is 14.8 Å². The Hall–Kier alpha value is -3.13. The van der Waals surface area contributed by atoms with E-state index in [0.29, 0.717) is 23.8 Å². The number of rotatable bonds is 7. The Bertz CT molecular complexity index is 944. The topological polar surface area (TPSA) is 93.2 Å². The van der Waals surface area contributed by atoms with Crippen LogP contribution in [0.3, 0.4) is 0 Å². The second-order valence-electron chi connectivity index (χ2n) is 5.43. The molecule has 26 heavy (non-hydrogen) atoms. The third kappa shape index (κ3) is 4.48. The van der Waals surface area contributed by atoms with E-state index in [-0.39, 0.29) is 4.90 Å². The fourth-order valence-electron chi connectivity index (χ4n) is 2.22. The summed E-state index contributed by atoms with van der Waals surface area (Å²) in [4.78, 5) is 8.42. The minimum absolute atomic E-state index is 0.150. The van der Waals surface area contributed by atoms with Crippen LogP contribution in [0.15, 0.2) is 72.0 Å². The van der Waals surface area contributed by atoms with E-state index >= 15 is 0 Å². The van der Waals surface area contributed by atoms with Crippen LogP contribution in [0.5, 0.6) is 5.75 Å². The second-order valence-corrected chi connectivity index (χ2v) is 7.11. The van der Waals surface area contributed by atoms with Gasteiger partial charge in [-0.25, -0.2) is 13.4 Å². The van der Waals surface area contributed by atoms with Gasteiger partial charge < -0.3 is 10.1 Å². The summed E-state index contributed by atoms with van der Waals surface area (Å²) in [5.74, 6) is 1.23. The average molecular weight is 370 g/mol. The van der Waals surface area contributed by atoms with Gasteiger partial charge in [-0.15, -0.1) is 0 Å². The predicted molar refractivity (Wildman–Crippen MR) is 99.6 cm³/mol. The van der Waals surface area contributed by atoms with Crippen molar-refractivity contribution in [3.63, 3.8) is 0 Å². The third-order valence-electron chi connectivity index (χ3n) is 3.58. The molecule has 0 atom stereocenters. The molecule has 0 unspecified atom stereocenters. The average Bonchev–Trinajstić information content (AvgIpc) is 2.68. The summed E-state index contributed by atoms with van der Waals surface area (Å²) < 4.78 is 32.3. The molecule has 1 aromatic carbocycles. The smallest absolute Gasteiger partial charge is 0.261 e. The molecular formula is C18H18N4O3S. The first-order valence-corrected chi connectivity index (χ1v) is 9.31. The Balaban J connectivity index is 1.64. The zero-order valence-electron chi connectivity index (χ0n) is 14.1. The van der Waals surface area contributed by atoms with E-state index in [0.717, 1.165) is 5.56 Å². The van der Waals surface area contributed by atoms with Gasteiger partial charge in [0.05, 0.1) is 23.9 Å². The Morgan fingerprint density at radius 2 is 1.85 bits per heavy atom. The molecule has 2 aromatic heterocycles. The molecule has 0 bridgehead atoms. The van der Waals surface area contributed by atoms with Crippen molar-refractivity contribution >= 4 is 21.5 Å². The number of nitrogens with one attached hydrogen (secondary N) is 2. The molecule has 3 aromatic rings. The lowest BCUT2D eigenvalue weighted by Crippen LogP contribution is -2.13. The lowest BCUT2D eigenvalue weighted by Gasteiger charge is -2.10. The zero-order valence-corrected chi connectivity index (χ0v) is 14.9. The van der Waals surface area contributed by atoms with Gasteiger partial charge in [-0.1, -0.05) is 6.07 Å². The van der Waals surface area contributed by atoms with Crippen molar-refractivity contribution in [3.8, 4) is 5.75 Å². The SMILES string of the molecule is COc1ccc(S(=O)(=O)Nc2ccc(NCc3cccnc3)nc2)cc1. The quantitative estimate of drug-likeness (QED) is 0.664.